The minimum atomic E-state index is -4.64. The Labute approximate surface area is 244 Å². The molecule has 3 aromatic heterocycles. The van der Waals surface area contributed by atoms with Gasteiger partial charge in [-0.2, -0.15) is 31.4 Å². The van der Waals surface area contributed by atoms with Crippen LogP contribution >= 0.6 is 0 Å². The maximum absolute atomic E-state index is 14.0. The number of nitrogens with zero attached hydrogens (tertiary/aromatic N) is 4. The smallest absolute Gasteiger partial charge is 0.364 e. The summed E-state index contributed by atoms with van der Waals surface area (Å²) < 4.78 is 111. The number of aromatic nitrogens is 4. The van der Waals surface area contributed by atoms with Gasteiger partial charge in [0.05, 0.1) is 43.0 Å². The highest BCUT2D eigenvalue weighted by atomic mass is 19.4. The number of alkyl halides is 8. The molecule has 3 aromatic rings. The van der Waals surface area contributed by atoms with E-state index in [1.54, 1.807) is 6.07 Å². The molecule has 3 heterocycles. The van der Waals surface area contributed by atoms with Crippen LogP contribution in [-0.2, 0) is 11.2 Å². The molecule has 0 bridgehead atoms. The minimum absolute atomic E-state index is 0.00665. The third-order valence-electron chi connectivity index (χ3n) is 7.85. The molecule has 0 aliphatic heterocycles. The Hall–Kier alpha value is -3.79. The molecule has 44 heavy (non-hydrogen) atoms. The molecule has 2 atom stereocenters. The quantitative estimate of drug-likeness (QED) is 0.263. The van der Waals surface area contributed by atoms with Gasteiger partial charge < -0.3 is 15.2 Å². The lowest BCUT2D eigenvalue weighted by molar-refractivity contribution is -0.144. The molecule has 2 N–H and O–H groups in total. The zero-order chi connectivity index (χ0) is 31.9. The Morgan fingerprint density at radius 3 is 2.32 bits per heavy atom. The second kappa shape index (κ2) is 12.0. The van der Waals surface area contributed by atoms with Crippen LogP contribution in [0.1, 0.15) is 90.8 Å². The molecule has 1 unspecified atom stereocenters. The van der Waals surface area contributed by atoms with Gasteiger partial charge in [-0.25, -0.2) is 18.3 Å². The Kier molecular flexibility index (Phi) is 8.59. The van der Waals surface area contributed by atoms with Crippen molar-refractivity contribution in [2.45, 2.75) is 88.1 Å². The average molecular weight is 637 g/mol. The first-order chi connectivity index (χ1) is 20.6. The zero-order valence-electron chi connectivity index (χ0n) is 23.0. The molecule has 0 saturated heterocycles. The molecule has 5 rings (SSSR count). The van der Waals surface area contributed by atoms with Gasteiger partial charge in [0.1, 0.15) is 6.26 Å². The number of fused-ring (bicyclic) bond motifs is 1. The number of carbonyl (C=O) groups excluding carboxylic acids is 2. The number of hydrogen-bond acceptors (Lipinski definition) is 6. The first-order valence-corrected chi connectivity index (χ1v) is 14.0. The molecule has 0 aromatic carbocycles. The fraction of sp³-hybridized carbons (Fsp3) is 0.593. The monoisotopic (exact) mass is 636 g/mol. The van der Waals surface area contributed by atoms with E-state index in [0.717, 1.165) is 12.8 Å². The van der Waals surface area contributed by atoms with Gasteiger partial charge in [0.2, 0.25) is 11.8 Å². The van der Waals surface area contributed by atoms with Gasteiger partial charge in [0.15, 0.2) is 11.3 Å². The van der Waals surface area contributed by atoms with Crippen molar-refractivity contribution in [2.75, 3.05) is 0 Å². The van der Waals surface area contributed by atoms with Crippen LogP contribution in [0.5, 0.6) is 0 Å². The number of hydrogen-bond donors (Lipinski definition) is 2. The summed E-state index contributed by atoms with van der Waals surface area (Å²) in [6.45, 7) is 0. The van der Waals surface area contributed by atoms with Crippen LogP contribution < -0.4 is 10.6 Å². The van der Waals surface area contributed by atoms with Gasteiger partial charge in [0, 0.05) is 24.8 Å². The Bertz CT molecular complexity index is 1490. The molecule has 2 fully saturated rings. The molecular formula is C27H28F8N6O3. The molecular weight excluding hydrogens is 608 g/mol. The van der Waals surface area contributed by atoms with Crippen LogP contribution in [0, 0.1) is 11.8 Å². The van der Waals surface area contributed by atoms with Crippen LogP contribution in [0.2, 0.25) is 0 Å². The van der Waals surface area contributed by atoms with Crippen molar-refractivity contribution in [2.24, 2.45) is 11.8 Å². The summed E-state index contributed by atoms with van der Waals surface area (Å²) in [5, 5.41) is 13.0. The van der Waals surface area contributed by atoms with E-state index < -0.39 is 91.5 Å². The van der Waals surface area contributed by atoms with Crippen molar-refractivity contribution >= 4 is 17.5 Å². The van der Waals surface area contributed by atoms with Crippen molar-refractivity contribution < 1.29 is 49.2 Å². The lowest BCUT2D eigenvalue weighted by Gasteiger charge is -2.33. The van der Waals surface area contributed by atoms with Gasteiger partial charge in [-0.1, -0.05) is 5.16 Å². The van der Waals surface area contributed by atoms with Crippen LogP contribution in [0.15, 0.2) is 29.2 Å². The number of halogens is 8. The number of imidazole rings is 1. The normalized spacial score (nSPS) is 19.1. The fourth-order valence-corrected chi connectivity index (χ4v) is 5.46. The highest BCUT2D eigenvalue weighted by Crippen LogP contribution is 2.43. The third kappa shape index (κ3) is 8.02. The van der Waals surface area contributed by atoms with Crippen LogP contribution in [-0.4, -0.2) is 49.8 Å². The first-order valence-electron chi connectivity index (χ1n) is 14.0. The number of rotatable bonds is 10. The average Bonchev–Trinajstić information content (AvgIpc) is 3.51. The number of amides is 2. The highest BCUT2D eigenvalue weighted by Gasteiger charge is 2.41. The van der Waals surface area contributed by atoms with Gasteiger partial charge in [-0.15, -0.1) is 0 Å². The van der Waals surface area contributed by atoms with Gasteiger partial charge in [-0.3, -0.25) is 9.59 Å². The first kappa shape index (κ1) is 31.6. The minimum Gasteiger partial charge on any atom is -0.364 e. The van der Waals surface area contributed by atoms with Crippen molar-refractivity contribution in [3.63, 3.8) is 0 Å². The van der Waals surface area contributed by atoms with Crippen molar-refractivity contribution in [3.8, 4) is 0 Å². The van der Waals surface area contributed by atoms with Gasteiger partial charge >= 0.3 is 12.4 Å². The molecule has 240 valence electrons. The summed E-state index contributed by atoms with van der Waals surface area (Å²) in [6.07, 6.45) is -8.42. The molecule has 2 aliphatic carbocycles. The molecule has 2 aliphatic rings. The molecule has 2 amide bonds. The highest BCUT2D eigenvalue weighted by molar-refractivity contribution is 5.93. The van der Waals surface area contributed by atoms with E-state index in [4.69, 9.17) is 0 Å². The summed E-state index contributed by atoms with van der Waals surface area (Å²) in [5.41, 5.74) is -0.141. The van der Waals surface area contributed by atoms with Crippen LogP contribution in [0.3, 0.4) is 0 Å². The fourth-order valence-electron chi connectivity index (χ4n) is 5.46. The number of carbonyl (C=O) groups is 2. The van der Waals surface area contributed by atoms with Crippen molar-refractivity contribution in [1.82, 2.24) is 30.4 Å². The summed E-state index contributed by atoms with van der Waals surface area (Å²) in [7, 11) is 0. The SMILES string of the molecule is O=C(CCC(F)(F)F)N[C@@H](c1cnn2cc(C(NC(=O)c3nocc3CC(F)(F)F)C3CCC(F)(F)CC3)nc2c1)C1CC1. The van der Waals surface area contributed by atoms with E-state index in [-0.39, 0.29) is 30.1 Å². The maximum atomic E-state index is 14.0. The zero-order valence-corrected chi connectivity index (χ0v) is 23.0. The van der Waals surface area contributed by atoms with E-state index in [1.165, 1.54) is 16.9 Å². The molecule has 9 nitrogen and oxygen atoms in total. The van der Waals surface area contributed by atoms with Gasteiger partial charge in [0.25, 0.3) is 5.91 Å². The van der Waals surface area contributed by atoms with E-state index in [9.17, 15) is 44.7 Å². The summed E-state index contributed by atoms with van der Waals surface area (Å²) in [6, 6.07) is -0.0274. The summed E-state index contributed by atoms with van der Waals surface area (Å²) >= 11 is 0. The maximum Gasteiger partial charge on any atom is 0.393 e. The molecule has 17 heteroatoms. The summed E-state index contributed by atoms with van der Waals surface area (Å²) in [4.78, 5) is 29.9. The lowest BCUT2D eigenvalue weighted by atomic mass is 9.81. The molecule has 2 saturated carbocycles. The predicted molar refractivity (Wildman–Crippen MR) is 135 cm³/mol. The third-order valence-corrected chi connectivity index (χ3v) is 7.85. The molecule has 0 spiro atoms. The van der Waals surface area contributed by atoms with E-state index in [0.29, 0.717) is 11.8 Å². The molecule has 0 radical (unpaired) electrons. The van der Waals surface area contributed by atoms with Gasteiger partial charge in [-0.05, 0) is 49.1 Å². The van der Waals surface area contributed by atoms with Crippen molar-refractivity contribution in [1.29, 1.82) is 0 Å². The second-order valence-corrected chi connectivity index (χ2v) is 11.4. The standard InChI is InChI=1S/C27H28F8N6O3/c28-25(29)6-3-15(4-7-25)22(39-24(43)23-17(13-44-40-23)10-27(33,34)35)18-12-41-19(37-18)9-16(11-36-41)21(14-1-2-14)38-20(42)5-8-26(30,31)32/h9,11-15,21-22H,1-8,10H2,(H,38,42)(H,39,43)/t21-,22?/m1/s1. The van der Waals surface area contributed by atoms with Crippen LogP contribution in [0.25, 0.3) is 5.65 Å². The largest absolute Gasteiger partial charge is 0.393 e. The Morgan fingerprint density at radius 2 is 1.68 bits per heavy atom. The summed E-state index contributed by atoms with van der Waals surface area (Å²) in [5.74, 6) is -5.21. The Balaban J connectivity index is 1.40. The lowest BCUT2D eigenvalue weighted by Crippen LogP contribution is -2.38. The van der Waals surface area contributed by atoms with E-state index in [2.05, 4.69) is 30.4 Å². The van der Waals surface area contributed by atoms with E-state index >= 15 is 0 Å². The topological polar surface area (TPSA) is 114 Å². The number of nitrogens with one attached hydrogen (secondary N) is 2. The predicted octanol–water partition coefficient (Wildman–Crippen LogP) is 6.03. The van der Waals surface area contributed by atoms with Crippen LogP contribution in [0.4, 0.5) is 35.1 Å². The second-order valence-electron chi connectivity index (χ2n) is 11.4. The Morgan fingerprint density at radius 1 is 1.00 bits per heavy atom. The van der Waals surface area contributed by atoms with Crippen molar-refractivity contribution in [3.05, 3.63) is 47.2 Å². The van der Waals surface area contributed by atoms with E-state index in [1.807, 2.05) is 0 Å².